The van der Waals surface area contributed by atoms with E-state index in [9.17, 15) is 20.2 Å². The molecule has 202 valence electrons. The van der Waals surface area contributed by atoms with Crippen LogP contribution in [0.5, 0.6) is 0 Å². The van der Waals surface area contributed by atoms with Gasteiger partial charge in [-0.25, -0.2) is 0 Å². The van der Waals surface area contributed by atoms with Gasteiger partial charge < -0.3 is 11.5 Å². The first-order valence-corrected chi connectivity index (χ1v) is 13.9. The van der Waals surface area contributed by atoms with Crippen molar-refractivity contribution in [1.29, 1.82) is 0 Å². The molecule has 0 amide bonds. The van der Waals surface area contributed by atoms with Gasteiger partial charge in [0, 0.05) is 17.5 Å². The fourth-order valence-electron chi connectivity index (χ4n) is 5.99. The molecule has 0 spiro atoms. The summed E-state index contributed by atoms with van der Waals surface area (Å²) in [7, 11) is 0. The second-order valence-corrected chi connectivity index (χ2v) is 10.5. The number of unbranched alkanes of at least 4 members (excludes halogenated alkanes) is 10. The molecule has 1 aliphatic carbocycles. The Hall–Kier alpha value is -3.16. The van der Waals surface area contributed by atoms with Crippen molar-refractivity contribution in [2.75, 3.05) is 11.5 Å². The molecule has 0 bridgehead atoms. The van der Waals surface area contributed by atoms with Crippen LogP contribution in [0.2, 0.25) is 0 Å². The molecule has 2 aromatic carbocycles. The van der Waals surface area contributed by atoms with E-state index in [1.54, 1.807) is 12.1 Å². The van der Waals surface area contributed by atoms with E-state index in [2.05, 4.69) is 13.8 Å². The van der Waals surface area contributed by atoms with Gasteiger partial charge in [0.15, 0.2) is 0 Å². The number of hydrogen-bond donors (Lipinski definition) is 2. The van der Waals surface area contributed by atoms with E-state index in [4.69, 9.17) is 11.5 Å². The highest BCUT2D eigenvalue weighted by molar-refractivity contribution is 5.88. The van der Waals surface area contributed by atoms with E-state index in [1.807, 2.05) is 0 Å². The molecular formula is C29H42N4O4. The average molecular weight is 511 g/mol. The van der Waals surface area contributed by atoms with E-state index in [0.717, 1.165) is 49.7 Å². The second-order valence-electron chi connectivity index (χ2n) is 10.5. The number of fused-ring (bicyclic) bond motifs is 3. The monoisotopic (exact) mass is 510 g/mol. The number of benzene rings is 2. The number of nitro benzene ring substituents is 2. The first kappa shape index (κ1) is 28.4. The van der Waals surface area contributed by atoms with Crippen LogP contribution < -0.4 is 11.5 Å². The molecule has 3 rings (SSSR count). The van der Waals surface area contributed by atoms with Crippen LogP contribution in [0, 0.1) is 20.2 Å². The van der Waals surface area contributed by atoms with Gasteiger partial charge >= 0.3 is 0 Å². The van der Waals surface area contributed by atoms with E-state index in [-0.39, 0.29) is 22.7 Å². The molecule has 8 heteroatoms. The van der Waals surface area contributed by atoms with Crippen molar-refractivity contribution in [2.45, 2.75) is 109 Å². The van der Waals surface area contributed by atoms with Crippen LogP contribution in [-0.4, -0.2) is 9.85 Å². The number of nitrogens with zero attached hydrogens (tertiary/aromatic N) is 2. The van der Waals surface area contributed by atoms with Gasteiger partial charge in [-0.15, -0.1) is 0 Å². The SMILES string of the molecule is CCCCCCCCC1(CCCCCCCC)c2cc(N)c([N+](=O)[O-])cc2-c2cc([N+](=O)[O-])c(N)cc21. The third kappa shape index (κ3) is 6.22. The molecule has 0 aromatic heterocycles. The lowest BCUT2D eigenvalue weighted by molar-refractivity contribution is -0.384. The summed E-state index contributed by atoms with van der Waals surface area (Å²) in [6.45, 7) is 4.41. The van der Waals surface area contributed by atoms with Crippen molar-refractivity contribution in [3.8, 4) is 11.1 Å². The second kappa shape index (κ2) is 12.9. The summed E-state index contributed by atoms with van der Waals surface area (Å²) in [5, 5.41) is 23.4. The minimum atomic E-state index is -0.484. The Morgan fingerprint density at radius 3 is 1.32 bits per heavy atom. The zero-order chi connectivity index (χ0) is 27.0. The fourth-order valence-corrected chi connectivity index (χ4v) is 5.99. The Kier molecular flexibility index (Phi) is 9.89. The fraction of sp³-hybridized carbons (Fsp3) is 0.586. The molecule has 1 aliphatic rings. The molecule has 0 heterocycles. The van der Waals surface area contributed by atoms with Gasteiger partial charge in [-0.3, -0.25) is 20.2 Å². The van der Waals surface area contributed by atoms with Crippen molar-refractivity contribution in [3.63, 3.8) is 0 Å². The van der Waals surface area contributed by atoms with Gasteiger partial charge in [0.25, 0.3) is 11.4 Å². The third-order valence-corrected chi connectivity index (χ3v) is 7.96. The Labute approximate surface area is 220 Å². The summed E-state index contributed by atoms with van der Waals surface area (Å²) < 4.78 is 0. The molecule has 0 saturated heterocycles. The number of anilines is 2. The lowest BCUT2D eigenvalue weighted by Crippen LogP contribution is -2.26. The van der Waals surface area contributed by atoms with Gasteiger partial charge in [-0.2, -0.15) is 0 Å². The predicted molar refractivity (Wildman–Crippen MR) is 151 cm³/mol. The number of nitrogens with two attached hydrogens (primary N) is 2. The summed E-state index contributed by atoms with van der Waals surface area (Å²) in [4.78, 5) is 22.5. The molecule has 0 aliphatic heterocycles. The highest BCUT2D eigenvalue weighted by atomic mass is 16.6. The molecular weight excluding hydrogens is 468 g/mol. The van der Waals surface area contributed by atoms with Gasteiger partial charge in [-0.1, -0.05) is 90.9 Å². The number of nitro groups is 2. The maximum absolute atomic E-state index is 11.7. The van der Waals surface area contributed by atoms with E-state index in [1.165, 1.54) is 63.5 Å². The molecule has 0 fully saturated rings. The van der Waals surface area contributed by atoms with Crippen LogP contribution in [0.1, 0.15) is 115 Å². The lowest BCUT2D eigenvalue weighted by Gasteiger charge is -2.33. The Morgan fingerprint density at radius 1 is 0.622 bits per heavy atom. The van der Waals surface area contributed by atoms with Crippen LogP contribution in [0.4, 0.5) is 22.7 Å². The zero-order valence-corrected chi connectivity index (χ0v) is 22.4. The summed E-state index contributed by atoms with van der Waals surface area (Å²) in [5.74, 6) is 0. The molecule has 0 unspecified atom stereocenters. The summed E-state index contributed by atoms with van der Waals surface area (Å²) in [6, 6.07) is 6.52. The normalized spacial score (nSPS) is 13.4. The van der Waals surface area contributed by atoms with Crippen molar-refractivity contribution in [2.24, 2.45) is 0 Å². The topological polar surface area (TPSA) is 138 Å². The van der Waals surface area contributed by atoms with Crippen LogP contribution in [0.15, 0.2) is 24.3 Å². The minimum Gasteiger partial charge on any atom is -0.393 e. The number of rotatable bonds is 16. The molecule has 0 radical (unpaired) electrons. The van der Waals surface area contributed by atoms with Gasteiger partial charge in [0.1, 0.15) is 11.4 Å². The van der Waals surface area contributed by atoms with Crippen molar-refractivity contribution in [3.05, 3.63) is 55.6 Å². The largest absolute Gasteiger partial charge is 0.393 e. The minimum absolute atomic E-state index is 0.134. The maximum Gasteiger partial charge on any atom is 0.292 e. The van der Waals surface area contributed by atoms with Crippen LogP contribution in [0.3, 0.4) is 0 Å². The zero-order valence-electron chi connectivity index (χ0n) is 22.4. The van der Waals surface area contributed by atoms with Gasteiger partial charge in [0.05, 0.1) is 9.85 Å². The van der Waals surface area contributed by atoms with E-state index >= 15 is 0 Å². The average Bonchev–Trinajstić information content (AvgIpc) is 3.10. The molecule has 2 aromatic rings. The molecule has 0 atom stereocenters. The summed E-state index contributed by atoms with van der Waals surface area (Å²) in [6.07, 6.45) is 15.6. The Morgan fingerprint density at radius 2 is 0.973 bits per heavy atom. The Balaban J connectivity index is 2.07. The molecule has 4 N–H and O–H groups in total. The van der Waals surface area contributed by atoms with Crippen LogP contribution >= 0.6 is 0 Å². The smallest absolute Gasteiger partial charge is 0.292 e. The summed E-state index contributed by atoms with van der Waals surface area (Å²) >= 11 is 0. The molecule has 8 nitrogen and oxygen atoms in total. The molecule has 0 saturated carbocycles. The lowest BCUT2D eigenvalue weighted by atomic mass is 9.70. The van der Waals surface area contributed by atoms with Gasteiger partial charge in [-0.05, 0) is 47.2 Å². The van der Waals surface area contributed by atoms with Gasteiger partial charge in [0.2, 0.25) is 0 Å². The maximum atomic E-state index is 11.7. The molecule has 37 heavy (non-hydrogen) atoms. The standard InChI is InChI=1S/C29H42N4O4/c1-3-5-7-9-11-13-15-29(16-14-12-10-8-6-4-2)23-19-25(30)27(32(34)35)17-21(23)22-18-28(33(36)37)26(31)20-24(22)29/h17-20H,3-16,30-31H2,1-2H3. The van der Waals surface area contributed by atoms with E-state index < -0.39 is 15.3 Å². The first-order chi connectivity index (χ1) is 17.8. The van der Waals surface area contributed by atoms with E-state index in [0.29, 0.717) is 11.1 Å². The predicted octanol–water partition coefficient (Wildman–Crippen LogP) is 8.44. The third-order valence-electron chi connectivity index (χ3n) is 7.96. The van der Waals surface area contributed by atoms with Crippen LogP contribution in [0.25, 0.3) is 11.1 Å². The number of hydrogen-bond acceptors (Lipinski definition) is 6. The van der Waals surface area contributed by atoms with Crippen molar-refractivity contribution < 1.29 is 9.85 Å². The quantitative estimate of drug-likeness (QED) is 0.100. The van der Waals surface area contributed by atoms with Crippen LogP contribution in [-0.2, 0) is 5.41 Å². The summed E-state index contributed by atoms with van der Waals surface area (Å²) in [5.41, 5.74) is 15.2. The van der Waals surface area contributed by atoms with Crippen molar-refractivity contribution in [1.82, 2.24) is 0 Å². The first-order valence-electron chi connectivity index (χ1n) is 13.9. The van der Waals surface area contributed by atoms with Crippen molar-refractivity contribution >= 4 is 22.7 Å². The highest BCUT2D eigenvalue weighted by Gasteiger charge is 2.44. The number of nitrogen functional groups attached to an aromatic ring is 2. The Bertz CT molecular complexity index is 1030. The highest BCUT2D eigenvalue weighted by Crippen LogP contribution is 2.57.